The van der Waals surface area contributed by atoms with Crippen molar-refractivity contribution in [1.82, 2.24) is 5.32 Å². The molecule has 1 N–H and O–H groups in total. The number of esters is 1. The molecule has 0 aliphatic rings. The maximum Gasteiger partial charge on any atom is 0.307 e. The van der Waals surface area contributed by atoms with Crippen molar-refractivity contribution in [3.8, 4) is 0 Å². The third-order valence-corrected chi connectivity index (χ3v) is 3.31. The molecule has 0 amide bonds. The maximum absolute atomic E-state index is 11.5. The van der Waals surface area contributed by atoms with Gasteiger partial charge in [0.2, 0.25) is 0 Å². The molecule has 106 valence electrons. The summed E-state index contributed by atoms with van der Waals surface area (Å²) in [5.74, 6) is -0.174. The quantitative estimate of drug-likeness (QED) is 0.813. The lowest BCUT2D eigenvalue weighted by Crippen LogP contribution is -2.41. The maximum atomic E-state index is 11.5. The SMILES string of the molecule is CCOC(=O)CC(C)(C)NCc1ccc(Cl)c(C)c1. The number of hydrogen-bond donors (Lipinski definition) is 1. The Balaban J connectivity index is 2.54. The number of halogens is 1. The van der Waals surface area contributed by atoms with Crippen LogP contribution in [0, 0.1) is 6.92 Å². The summed E-state index contributed by atoms with van der Waals surface area (Å²) in [5, 5.41) is 4.14. The molecule has 0 aliphatic carbocycles. The van der Waals surface area contributed by atoms with Crippen LogP contribution in [0.2, 0.25) is 5.02 Å². The Morgan fingerprint density at radius 1 is 1.42 bits per heavy atom. The molecule has 0 bridgehead atoms. The molecule has 0 unspecified atom stereocenters. The Bertz CT molecular complexity index is 444. The number of hydrogen-bond acceptors (Lipinski definition) is 3. The standard InChI is InChI=1S/C15H22ClNO2/c1-5-19-14(18)9-15(3,4)17-10-12-6-7-13(16)11(2)8-12/h6-8,17H,5,9-10H2,1-4H3. The van der Waals surface area contributed by atoms with E-state index in [-0.39, 0.29) is 11.5 Å². The Morgan fingerprint density at radius 2 is 2.11 bits per heavy atom. The van der Waals surface area contributed by atoms with E-state index in [2.05, 4.69) is 11.4 Å². The molecule has 0 radical (unpaired) electrons. The third kappa shape index (κ3) is 5.62. The minimum Gasteiger partial charge on any atom is -0.466 e. The van der Waals surface area contributed by atoms with Crippen LogP contribution in [-0.4, -0.2) is 18.1 Å². The first-order valence-corrected chi connectivity index (χ1v) is 6.87. The molecule has 0 saturated heterocycles. The minimum atomic E-state index is -0.292. The molecular weight excluding hydrogens is 262 g/mol. The zero-order chi connectivity index (χ0) is 14.5. The molecule has 19 heavy (non-hydrogen) atoms. The van der Waals surface area contributed by atoms with Gasteiger partial charge in [0.25, 0.3) is 0 Å². The zero-order valence-electron chi connectivity index (χ0n) is 12.0. The Hall–Kier alpha value is -1.06. The van der Waals surface area contributed by atoms with Gasteiger partial charge in [0.15, 0.2) is 0 Å². The van der Waals surface area contributed by atoms with Crippen LogP contribution in [0.3, 0.4) is 0 Å². The van der Waals surface area contributed by atoms with Gasteiger partial charge in [-0.1, -0.05) is 23.7 Å². The fourth-order valence-corrected chi connectivity index (χ4v) is 1.91. The second-order valence-corrected chi connectivity index (χ2v) is 5.71. The van der Waals surface area contributed by atoms with Crippen LogP contribution in [0.4, 0.5) is 0 Å². The summed E-state index contributed by atoms with van der Waals surface area (Å²) in [6.45, 7) is 8.90. The first-order valence-electron chi connectivity index (χ1n) is 6.50. The molecule has 0 aromatic heterocycles. The fourth-order valence-electron chi connectivity index (χ4n) is 1.79. The van der Waals surface area contributed by atoms with E-state index in [0.29, 0.717) is 19.6 Å². The summed E-state index contributed by atoms with van der Waals surface area (Å²) in [6.07, 6.45) is 0.355. The van der Waals surface area contributed by atoms with E-state index >= 15 is 0 Å². The van der Waals surface area contributed by atoms with Crippen LogP contribution in [0.1, 0.15) is 38.3 Å². The van der Waals surface area contributed by atoms with Gasteiger partial charge in [-0.15, -0.1) is 0 Å². The number of rotatable bonds is 6. The van der Waals surface area contributed by atoms with E-state index in [1.807, 2.05) is 39.8 Å². The van der Waals surface area contributed by atoms with Crippen molar-refractivity contribution >= 4 is 17.6 Å². The van der Waals surface area contributed by atoms with Crippen molar-refractivity contribution in [2.45, 2.75) is 46.2 Å². The van der Waals surface area contributed by atoms with Gasteiger partial charge in [0, 0.05) is 17.1 Å². The topological polar surface area (TPSA) is 38.3 Å². The molecule has 0 saturated carbocycles. The molecule has 1 rings (SSSR count). The lowest BCUT2D eigenvalue weighted by atomic mass is 10.00. The van der Waals surface area contributed by atoms with Crippen molar-refractivity contribution < 1.29 is 9.53 Å². The molecule has 0 spiro atoms. The molecule has 1 aromatic carbocycles. The Morgan fingerprint density at radius 3 is 2.68 bits per heavy atom. The summed E-state index contributed by atoms with van der Waals surface area (Å²) < 4.78 is 4.97. The smallest absolute Gasteiger partial charge is 0.307 e. The number of ether oxygens (including phenoxy) is 1. The van der Waals surface area contributed by atoms with E-state index in [0.717, 1.165) is 16.1 Å². The van der Waals surface area contributed by atoms with Gasteiger partial charge in [-0.05, 0) is 44.9 Å². The zero-order valence-corrected chi connectivity index (χ0v) is 12.8. The Kier molecular flexibility index (Phi) is 5.83. The van der Waals surface area contributed by atoms with Crippen LogP contribution in [0.15, 0.2) is 18.2 Å². The Labute approximate surface area is 120 Å². The molecule has 0 heterocycles. The molecule has 0 atom stereocenters. The number of nitrogens with one attached hydrogen (secondary N) is 1. The summed E-state index contributed by atoms with van der Waals surface area (Å²) >= 11 is 5.99. The molecule has 3 nitrogen and oxygen atoms in total. The van der Waals surface area contributed by atoms with E-state index in [9.17, 15) is 4.79 Å². The molecule has 1 aromatic rings. The number of carbonyl (C=O) groups excluding carboxylic acids is 1. The van der Waals surface area contributed by atoms with Crippen molar-refractivity contribution in [3.63, 3.8) is 0 Å². The third-order valence-electron chi connectivity index (χ3n) is 2.89. The van der Waals surface area contributed by atoms with Crippen molar-refractivity contribution in [2.75, 3.05) is 6.61 Å². The highest BCUT2D eigenvalue weighted by molar-refractivity contribution is 6.31. The highest BCUT2D eigenvalue weighted by Crippen LogP contribution is 2.17. The molecule has 0 fully saturated rings. The van der Waals surface area contributed by atoms with Crippen LogP contribution in [0.25, 0.3) is 0 Å². The number of benzene rings is 1. The van der Waals surface area contributed by atoms with Gasteiger partial charge < -0.3 is 10.1 Å². The predicted molar refractivity (Wildman–Crippen MR) is 78.4 cm³/mol. The normalized spacial score (nSPS) is 11.4. The average molecular weight is 284 g/mol. The first-order chi connectivity index (χ1) is 8.84. The van der Waals surface area contributed by atoms with Crippen LogP contribution in [-0.2, 0) is 16.1 Å². The highest BCUT2D eigenvalue weighted by atomic mass is 35.5. The van der Waals surface area contributed by atoms with Crippen LogP contribution < -0.4 is 5.32 Å². The van der Waals surface area contributed by atoms with E-state index in [1.54, 1.807) is 0 Å². The summed E-state index contributed by atoms with van der Waals surface area (Å²) in [4.78, 5) is 11.5. The van der Waals surface area contributed by atoms with Gasteiger partial charge in [-0.3, -0.25) is 4.79 Å². The first kappa shape index (κ1) is 16.0. The van der Waals surface area contributed by atoms with Crippen LogP contribution >= 0.6 is 11.6 Å². The highest BCUT2D eigenvalue weighted by Gasteiger charge is 2.22. The van der Waals surface area contributed by atoms with E-state index in [4.69, 9.17) is 16.3 Å². The monoisotopic (exact) mass is 283 g/mol. The minimum absolute atomic E-state index is 0.174. The lowest BCUT2D eigenvalue weighted by Gasteiger charge is -2.25. The number of aryl methyl sites for hydroxylation is 1. The van der Waals surface area contributed by atoms with Gasteiger partial charge in [0.1, 0.15) is 0 Å². The van der Waals surface area contributed by atoms with E-state index < -0.39 is 0 Å². The second-order valence-electron chi connectivity index (χ2n) is 5.30. The average Bonchev–Trinajstić information content (AvgIpc) is 2.30. The van der Waals surface area contributed by atoms with Crippen molar-refractivity contribution in [3.05, 3.63) is 34.3 Å². The predicted octanol–water partition coefficient (Wildman–Crippen LogP) is 3.47. The van der Waals surface area contributed by atoms with Gasteiger partial charge in [-0.2, -0.15) is 0 Å². The van der Waals surface area contributed by atoms with Gasteiger partial charge in [0.05, 0.1) is 13.0 Å². The van der Waals surface area contributed by atoms with Gasteiger partial charge >= 0.3 is 5.97 Å². The molecule has 4 heteroatoms. The largest absolute Gasteiger partial charge is 0.466 e. The summed E-state index contributed by atoms with van der Waals surface area (Å²) in [6, 6.07) is 5.94. The van der Waals surface area contributed by atoms with Crippen molar-refractivity contribution in [1.29, 1.82) is 0 Å². The van der Waals surface area contributed by atoms with E-state index in [1.165, 1.54) is 0 Å². The molecular formula is C15H22ClNO2. The molecule has 0 aliphatic heterocycles. The number of carbonyl (C=O) groups is 1. The summed E-state index contributed by atoms with van der Waals surface area (Å²) in [5.41, 5.74) is 1.92. The second kappa shape index (κ2) is 6.92. The fraction of sp³-hybridized carbons (Fsp3) is 0.533. The van der Waals surface area contributed by atoms with Gasteiger partial charge in [-0.25, -0.2) is 0 Å². The summed E-state index contributed by atoms with van der Waals surface area (Å²) in [7, 11) is 0. The van der Waals surface area contributed by atoms with Crippen molar-refractivity contribution in [2.24, 2.45) is 0 Å². The lowest BCUT2D eigenvalue weighted by molar-refractivity contribution is -0.144. The van der Waals surface area contributed by atoms with Crippen LogP contribution in [0.5, 0.6) is 0 Å².